The molecular formula is C21H34N4O4. The number of ether oxygens (including phenoxy) is 2. The van der Waals surface area contributed by atoms with Gasteiger partial charge in [-0.15, -0.1) is 0 Å². The lowest BCUT2D eigenvalue weighted by molar-refractivity contribution is -0.149. The second-order valence-corrected chi connectivity index (χ2v) is 7.58. The monoisotopic (exact) mass is 406 g/mol. The number of nitrogens with zero attached hydrogens (tertiary/aromatic N) is 3. The van der Waals surface area contributed by atoms with Crippen LogP contribution in [0.3, 0.4) is 0 Å². The lowest BCUT2D eigenvalue weighted by atomic mass is 9.98. The van der Waals surface area contributed by atoms with Crippen LogP contribution in [0, 0.1) is 12.8 Å². The van der Waals surface area contributed by atoms with E-state index in [2.05, 4.69) is 26.2 Å². The minimum absolute atomic E-state index is 0.0926. The Morgan fingerprint density at radius 1 is 1.34 bits per heavy atom. The van der Waals surface area contributed by atoms with Gasteiger partial charge in [0, 0.05) is 39.8 Å². The highest BCUT2D eigenvalue weighted by molar-refractivity contribution is 5.81. The number of aryl methyl sites for hydroxylation is 1. The van der Waals surface area contributed by atoms with Crippen LogP contribution in [0.4, 0.5) is 0 Å². The average molecular weight is 407 g/mol. The van der Waals surface area contributed by atoms with E-state index in [1.165, 1.54) is 0 Å². The number of guanidine groups is 1. The van der Waals surface area contributed by atoms with Gasteiger partial charge in [-0.25, -0.2) is 0 Å². The predicted octanol–water partition coefficient (Wildman–Crippen LogP) is 1.81. The number of carbonyl (C=O) groups is 1. The summed E-state index contributed by atoms with van der Waals surface area (Å²) in [6.45, 7) is 9.66. The summed E-state index contributed by atoms with van der Waals surface area (Å²) in [6.07, 6.45) is 1.82. The van der Waals surface area contributed by atoms with E-state index < -0.39 is 0 Å². The number of carbonyl (C=O) groups excluding carboxylic acids is 1. The number of esters is 1. The standard InChI is InChI=1S/C21H34N4O4/c1-4-28-20(26)17-6-5-9-25(15-17)21(22-3)23-14-18(19-8-7-16(2)29-19)24-10-12-27-13-11-24/h7-8,17-18H,4-6,9-15H2,1-3H3,(H,22,23). The molecule has 3 rings (SSSR count). The molecule has 0 saturated carbocycles. The van der Waals surface area contributed by atoms with Crippen molar-refractivity contribution in [2.24, 2.45) is 10.9 Å². The molecule has 0 radical (unpaired) electrons. The van der Waals surface area contributed by atoms with Crippen LogP contribution in [0.2, 0.25) is 0 Å². The molecule has 2 atom stereocenters. The lowest BCUT2D eigenvalue weighted by Gasteiger charge is -2.36. The summed E-state index contributed by atoms with van der Waals surface area (Å²) in [5.41, 5.74) is 0. The van der Waals surface area contributed by atoms with Crippen molar-refractivity contribution in [3.8, 4) is 0 Å². The topological polar surface area (TPSA) is 79.5 Å². The number of morpholine rings is 1. The Kier molecular flexibility index (Phi) is 7.94. The van der Waals surface area contributed by atoms with Crippen LogP contribution < -0.4 is 5.32 Å². The quantitative estimate of drug-likeness (QED) is 0.438. The maximum Gasteiger partial charge on any atom is 0.310 e. The molecule has 8 nitrogen and oxygen atoms in total. The van der Waals surface area contributed by atoms with E-state index in [9.17, 15) is 4.79 Å². The first-order chi connectivity index (χ1) is 14.1. The Morgan fingerprint density at radius 2 is 2.14 bits per heavy atom. The predicted molar refractivity (Wildman–Crippen MR) is 111 cm³/mol. The molecule has 3 heterocycles. The van der Waals surface area contributed by atoms with E-state index in [0.717, 1.165) is 63.2 Å². The Bertz CT molecular complexity index is 684. The van der Waals surface area contributed by atoms with E-state index in [1.54, 1.807) is 7.05 Å². The molecule has 2 aliphatic heterocycles. The fourth-order valence-electron chi connectivity index (χ4n) is 4.07. The molecule has 0 aromatic carbocycles. The van der Waals surface area contributed by atoms with Crippen LogP contribution in [-0.2, 0) is 14.3 Å². The van der Waals surface area contributed by atoms with Gasteiger partial charge in [0.05, 0.1) is 31.8 Å². The van der Waals surface area contributed by atoms with Gasteiger partial charge in [0.1, 0.15) is 11.5 Å². The van der Waals surface area contributed by atoms with E-state index >= 15 is 0 Å². The SMILES string of the molecule is CCOC(=O)C1CCCN(C(=NC)NCC(c2ccc(C)o2)N2CCOCC2)C1. The molecule has 162 valence electrons. The van der Waals surface area contributed by atoms with Gasteiger partial charge in [0.2, 0.25) is 0 Å². The normalized spacial score (nSPS) is 22.4. The third kappa shape index (κ3) is 5.73. The van der Waals surface area contributed by atoms with E-state index in [4.69, 9.17) is 13.9 Å². The molecule has 8 heteroatoms. The van der Waals surface area contributed by atoms with Crippen molar-refractivity contribution in [3.05, 3.63) is 23.7 Å². The third-order valence-corrected chi connectivity index (χ3v) is 5.58. The minimum Gasteiger partial charge on any atom is -0.466 e. The Hall–Kier alpha value is -2.06. The molecule has 1 N–H and O–H groups in total. The van der Waals surface area contributed by atoms with Gasteiger partial charge < -0.3 is 24.1 Å². The molecule has 0 aliphatic carbocycles. The van der Waals surface area contributed by atoms with Crippen molar-refractivity contribution < 1.29 is 18.7 Å². The maximum absolute atomic E-state index is 12.2. The number of hydrogen-bond donors (Lipinski definition) is 1. The Balaban J connectivity index is 1.64. The van der Waals surface area contributed by atoms with Crippen molar-refractivity contribution in [2.45, 2.75) is 32.7 Å². The molecule has 0 spiro atoms. The van der Waals surface area contributed by atoms with Crippen molar-refractivity contribution in [1.29, 1.82) is 0 Å². The van der Waals surface area contributed by atoms with Gasteiger partial charge in [-0.3, -0.25) is 14.7 Å². The Labute approximate surface area is 173 Å². The first-order valence-electron chi connectivity index (χ1n) is 10.6. The highest BCUT2D eigenvalue weighted by Crippen LogP contribution is 2.24. The van der Waals surface area contributed by atoms with Crippen LogP contribution in [0.15, 0.2) is 21.5 Å². The van der Waals surface area contributed by atoms with Gasteiger partial charge in [0.25, 0.3) is 0 Å². The molecule has 29 heavy (non-hydrogen) atoms. The second-order valence-electron chi connectivity index (χ2n) is 7.58. The largest absolute Gasteiger partial charge is 0.466 e. The molecule has 2 unspecified atom stereocenters. The molecule has 0 amide bonds. The molecule has 2 aliphatic rings. The zero-order valence-corrected chi connectivity index (χ0v) is 17.9. The summed E-state index contributed by atoms with van der Waals surface area (Å²) in [7, 11) is 1.79. The number of piperidine rings is 1. The molecule has 1 aromatic heterocycles. The highest BCUT2D eigenvalue weighted by atomic mass is 16.5. The third-order valence-electron chi connectivity index (χ3n) is 5.58. The fourth-order valence-corrected chi connectivity index (χ4v) is 4.07. The fraction of sp³-hybridized carbons (Fsp3) is 0.714. The molecular weight excluding hydrogens is 372 g/mol. The molecule has 2 saturated heterocycles. The van der Waals surface area contributed by atoms with E-state index in [0.29, 0.717) is 19.7 Å². The summed E-state index contributed by atoms with van der Waals surface area (Å²) in [5, 5.41) is 3.52. The first-order valence-corrected chi connectivity index (χ1v) is 10.6. The van der Waals surface area contributed by atoms with Crippen LogP contribution in [-0.4, -0.2) is 81.3 Å². The minimum atomic E-state index is -0.107. The summed E-state index contributed by atoms with van der Waals surface area (Å²) in [6, 6.07) is 4.17. The van der Waals surface area contributed by atoms with Gasteiger partial charge in [-0.1, -0.05) is 0 Å². The summed E-state index contributed by atoms with van der Waals surface area (Å²) in [5.74, 6) is 2.49. The average Bonchev–Trinajstić information content (AvgIpc) is 3.18. The molecule has 0 bridgehead atoms. The van der Waals surface area contributed by atoms with Gasteiger partial charge >= 0.3 is 5.97 Å². The zero-order chi connectivity index (χ0) is 20.6. The summed E-state index contributed by atoms with van der Waals surface area (Å²) in [4.78, 5) is 21.2. The smallest absolute Gasteiger partial charge is 0.310 e. The van der Waals surface area contributed by atoms with Crippen molar-refractivity contribution >= 4 is 11.9 Å². The molecule has 1 aromatic rings. The lowest BCUT2D eigenvalue weighted by Crippen LogP contribution is -2.50. The maximum atomic E-state index is 12.2. The van der Waals surface area contributed by atoms with E-state index in [-0.39, 0.29) is 17.9 Å². The number of rotatable bonds is 6. The zero-order valence-electron chi connectivity index (χ0n) is 17.9. The molecule has 2 fully saturated rings. The Morgan fingerprint density at radius 3 is 2.79 bits per heavy atom. The van der Waals surface area contributed by atoms with Crippen LogP contribution >= 0.6 is 0 Å². The summed E-state index contributed by atoms with van der Waals surface area (Å²) < 4.78 is 16.7. The second kappa shape index (κ2) is 10.6. The van der Waals surface area contributed by atoms with Crippen molar-refractivity contribution in [2.75, 3.05) is 59.6 Å². The van der Waals surface area contributed by atoms with E-state index in [1.807, 2.05) is 19.9 Å². The number of furan rings is 1. The van der Waals surface area contributed by atoms with Crippen LogP contribution in [0.5, 0.6) is 0 Å². The number of hydrogen-bond acceptors (Lipinski definition) is 6. The van der Waals surface area contributed by atoms with Gasteiger partial charge in [0.15, 0.2) is 5.96 Å². The number of likely N-dealkylation sites (tertiary alicyclic amines) is 1. The van der Waals surface area contributed by atoms with Crippen molar-refractivity contribution in [1.82, 2.24) is 15.1 Å². The van der Waals surface area contributed by atoms with Crippen LogP contribution in [0.1, 0.15) is 37.3 Å². The van der Waals surface area contributed by atoms with Gasteiger partial charge in [-0.05, 0) is 38.8 Å². The van der Waals surface area contributed by atoms with Crippen molar-refractivity contribution in [3.63, 3.8) is 0 Å². The number of nitrogens with one attached hydrogen (secondary N) is 1. The van der Waals surface area contributed by atoms with Gasteiger partial charge in [-0.2, -0.15) is 0 Å². The highest BCUT2D eigenvalue weighted by Gasteiger charge is 2.30. The summed E-state index contributed by atoms with van der Waals surface area (Å²) >= 11 is 0. The number of aliphatic imine (C=N–C) groups is 1. The first kappa shape index (κ1) is 21.6. The van der Waals surface area contributed by atoms with Crippen LogP contribution in [0.25, 0.3) is 0 Å².